The van der Waals surface area contributed by atoms with Crippen LogP contribution in [0.1, 0.15) is 24.2 Å². The molecular formula is C13H18N4O2S. The fourth-order valence-electron chi connectivity index (χ4n) is 2.33. The molecule has 2 N–H and O–H groups in total. The second kappa shape index (κ2) is 6.21. The van der Waals surface area contributed by atoms with Crippen molar-refractivity contribution >= 4 is 23.6 Å². The van der Waals surface area contributed by atoms with Crippen molar-refractivity contribution in [3.63, 3.8) is 0 Å². The summed E-state index contributed by atoms with van der Waals surface area (Å²) in [6, 6.07) is 1.43. The van der Waals surface area contributed by atoms with Gasteiger partial charge in [0.25, 0.3) is 0 Å². The maximum Gasteiger partial charge on any atom is 0.240 e. The molecule has 1 aliphatic rings. The Morgan fingerprint density at radius 1 is 1.40 bits per heavy atom. The quantitative estimate of drug-likeness (QED) is 0.651. The fourth-order valence-corrected chi connectivity index (χ4v) is 3.16. The molecule has 6 nitrogen and oxygen atoms in total. The predicted octanol–water partition coefficient (Wildman–Crippen LogP) is 0.662. The Kier molecular flexibility index (Phi) is 4.59. The van der Waals surface area contributed by atoms with Gasteiger partial charge in [0.2, 0.25) is 11.8 Å². The Hall–Kier alpha value is -1.63. The minimum Gasteiger partial charge on any atom is -0.368 e. The number of nitrogens with two attached hydrogens (primary N) is 1. The lowest BCUT2D eigenvalue weighted by Gasteiger charge is -2.21. The van der Waals surface area contributed by atoms with Gasteiger partial charge in [0.1, 0.15) is 6.04 Å². The van der Waals surface area contributed by atoms with Crippen molar-refractivity contribution in [1.82, 2.24) is 14.9 Å². The number of carbonyl (C=O) groups excluding carboxylic acids is 2. The number of primary amides is 1. The number of nitrogens with zero attached hydrogens (tertiary/aromatic N) is 3. The fraction of sp³-hybridized carbons (Fsp3) is 0.538. The molecule has 1 aromatic heterocycles. The molecule has 2 rings (SSSR count). The first kappa shape index (κ1) is 14.8. The first-order valence-electron chi connectivity index (χ1n) is 6.51. The largest absolute Gasteiger partial charge is 0.368 e. The Bertz CT molecular complexity index is 515. The summed E-state index contributed by atoms with van der Waals surface area (Å²) in [4.78, 5) is 33.5. The van der Waals surface area contributed by atoms with Crippen LogP contribution in [0.4, 0.5) is 0 Å². The highest BCUT2D eigenvalue weighted by molar-refractivity contribution is 7.99. The van der Waals surface area contributed by atoms with Gasteiger partial charge in [0.15, 0.2) is 5.16 Å². The highest BCUT2D eigenvalue weighted by Crippen LogP contribution is 2.20. The molecular weight excluding hydrogens is 276 g/mol. The van der Waals surface area contributed by atoms with Crippen LogP contribution >= 0.6 is 11.8 Å². The number of rotatable bonds is 4. The Balaban J connectivity index is 1.96. The molecule has 1 fully saturated rings. The number of hydrogen-bond donors (Lipinski definition) is 1. The third kappa shape index (κ3) is 3.47. The molecule has 0 saturated carbocycles. The smallest absolute Gasteiger partial charge is 0.240 e. The van der Waals surface area contributed by atoms with Gasteiger partial charge in [0.05, 0.1) is 5.75 Å². The molecule has 1 aliphatic heterocycles. The van der Waals surface area contributed by atoms with E-state index in [9.17, 15) is 9.59 Å². The van der Waals surface area contributed by atoms with Crippen LogP contribution in [0.25, 0.3) is 0 Å². The lowest BCUT2D eigenvalue weighted by molar-refractivity contribution is -0.135. The van der Waals surface area contributed by atoms with E-state index >= 15 is 0 Å². The van der Waals surface area contributed by atoms with Gasteiger partial charge in [-0.05, 0) is 32.8 Å². The van der Waals surface area contributed by atoms with Crippen LogP contribution in [0.3, 0.4) is 0 Å². The SMILES string of the molecule is Cc1cc(C)nc(SCC(=O)N2CCC[C@H]2C(N)=O)n1. The van der Waals surface area contributed by atoms with Crippen molar-refractivity contribution in [3.05, 3.63) is 17.5 Å². The average Bonchev–Trinajstić information content (AvgIpc) is 2.84. The van der Waals surface area contributed by atoms with Gasteiger partial charge in [-0.25, -0.2) is 9.97 Å². The summed E-state index contributed by atoms with van der Waals surface area (Å²) in [5, 5.41) is 0.589. The van der Waals surface area contributed by atoms with Crippen LogP contribution in [0.15, 0.2) is 11.2 Å². The molecule has 1 saturated heterocycles. The Morgan fingerprint density at radius 2 is 2.05 bits per heavy atom. The van der Waals surface area contributed by atoms with E-state index in [0.717, 1.165) is 17.8 Å². The molecule has 108 valence electrons. The highest BCUT2D eigenvalue weighted by Gasteiger charge is 2.32. The zero-order chi connectivity index (χ0) is 14.7. The van der Waals surface area contributed by atoms with Crippen molar-refractivity contribution in [2.45, 2.75) is 37.9 Å². The number of aromatic nitrogens is 2. The molecule has 1 aromatic rings. The van der Waals surface area contributed by atoms with Crippen molar-refractivity contribution in [2.24, 2.45) is 5.73 Å². The number of aryl methyl sites for hydroxylation is 2. The molecule has 20 heavy (non-hydrogen) atoms. The van der Waals surface area contributed by atoms with Gasteiger partial charge in [-0.1, -0.05) is 11.8 Å². The summed E-state index contributed by atoms with van der Waals surface area (Å²) in [6.45, 7) is 4.38. The third-order valence-corrected chi connectivity index (χ3v) is 4.02. The topological polar surface area (TPSA) is 89.2 Å². The zero-order valence-electron chi connectivity index (χ0n) is 11.6. The molecule has 2 amide bonds. The average molecular weight is 294 g/mol. The molecule has 0 aromatic carbocycles. The van der Waals surface area contributed by atoms with Gasteiger partial charge >= 0.3 is 0 Å². The van der Waals surface area contributed by atoms with Gasteiger partial charge in [-0.2, -0.15) is 0 Å². The number of amides is 2. The van der Waals surface area contributed by atoms with E-state index < -0.39 is 11.9 Å². The van der Waals surface area contributed by atoms with Crippen molar-refractivity contribution in [3.8, 4) is 0 Å². The van der Waals surface area contributed by atoms with Crippen molar-refractivity contribution in [2.75, 3.05) is 12.3 Å². The molecule has 1 atom stereocenters. The number of likely N-dealkylation sites (tertiary alicyclic amines) is 1. The van der Waals surface area contributed by atoms with E-state index in [2.05, 4.69) is 9.97 Å². The van der Waals surface area contributed by atoms with E-state index in [1.165, 1.54) is 11.8 Å². The summed E-state index contributed by atoms with van der Waals surface area (Å²) >= 11 is 1.29. The lowest BCUT2D eigenvalue weighted by atomic mass is 10.2. The van der Waals surface area contributed by atoms with Crippen molar-refractivity contribution < 1.29 is 9.59 Å². The number of hydrogen-bond acceptors (Lipinski definition) is 5. The molecule has 2 heterocycles. The van der Waals surface area contributed by atoms with Crippen LogP contribution in [-0.2, 0) is 9.59 Å². The zero-order valence-corrected chi connectivity index (χ0v) is 12.4. The van der Waals surface area contributed by atoms with Crippen LogP contribution < -0.4 is 5.73 Å². The summed E-state index contributed by atoms with van der Waals surface area (Å²) in [5.74, 6) is -0.283. The van der Waals surface area contributed by atoms with Gasteiger partial charge in [-0.3, -0.25) is 9.59 Å². The van der Waals surface area contributed by atoms with Gasteiger partial charge < -0.3 is 10.6 Å². The highest BCUT2D eigenvalue weighted by atomic mass is 32.2. The molecule has 0 spiro atoms. The Labute approximate surface area is 122 Å². The predicted molar refractivity (Wildman–Crippen MR) is 76.2 cm³/mol. The van der Waals surface area contributed by atoms with E-state index in [-0.39, 0.29) is 11.7 Å². The first-order valence-corrected chi connectivity index (χ1v) is 7.50. The van der Waals surface area contributed by atoms with Gasteiger partial charge in [-0.15, -0.1) is 0 Å². The third-order valence-electron chi connectivity index (χ3n) is 3.19. The molecule has 0 bridgehead atoms. The van der Waals surface area contributed by atoms with Crippen LogP contribution in [0.2, 0.25) is 0 Å². The Morgan fingerprint density at radius 3 is 2.65 bits per heavy atom. The lowest BCUT2D eigenvalue weighted by Crippen LogP contribution is -2.44. The molecule has 0 radical (unpaired) electrons. The monoisotopic (exact) mass is 294 g/mol. The van der Waals surface area contributed by atoms with Crippen LogP contribution in [-0.4, -0.2) is 45.0 Å². The molecule has 7 heteroatoms. The normalized spacial score (nSPS) is 18.3. The minimum absolute atomic E-state index is 0.0842. The summed E-state index contributed by atoms with van der Waals surface area (Å²) in [5.41, 5.74) is 7.07. The van der Waals surface area contributed by atoms with E-state index in [1.807, 2.05) is 19.9 Å². The summed E-state index contributed by atoms with van der Waals surface area (Å²) in [6.07, 6.45) is 1.48. The van der Waals surface area contributed by atoms with E-state index in [4.69, 9.17) is 5.73 Å². The summed E-state index contributed by atoms with van der Waals surface area (Å²) < 4.78 is 0. The number of thioether (sulfide) groups is 1. The standard InChI is InChI=1S/C13H18N4O2S/c1-8-6-9(2)16-13(15-8)20-7-11(18)17-5-3-4-10(17)12(14)19/h6,10H,3-5,7H2,1-2H3,(H2,14,19)/t10-/m0/s1. The summed E-state index contributed by atoms with van der Waals surface area (Å²) in [7, 11) is 0. The maximum absolute atomic E-state index is 12.1. The van der Waals surface area contributed by atoms with Gasteiger partial charge in [0, 0.05) is 17.9 Å². The van der Waals surface area contributed by atoms with Crippen molar-refractivity contribution in [1.29, 1.82) is 0 Å². The van der Waals surface area contributed by atoms with Crippen LogP contribution in [0, 0.1) is 13.8 Å². The first-order chi connectivity index (χ1) is 9.47. The minimum atomic E-state index is -0.455. The van der Waals surface area contributed by atoms with Crippen LogP contribution in [0.5, 0.6) is 0 Å². The second-order valence-electron chi connectivity index (χ2n) is 4.87. The van der Waals surface area contributed by atoms with E-state index in [0.29, 0.717) is 18.1 Å². The molecule has 0 aliphatic carbocycles. The van der Waals surface area contributed by atoms with E-state index in [1.54, 1.807) is 4.90 Å². The number of carbonyl (C=O) groups is 2. The maximum atomic E-state index is 12.1. The second-order valence-corrected chi connectivity index (χ2v) is 5.81. The molecule has 0 unspecified atom stereocenters.